The first kappa shape index (κ1) is 13.7. The van der Waals surface area contributed by atoms with Gasteiger partial charge in [-0.05, 0) is 19.8 Å². The molecule has 3 heteroatoms. The van der Waals surface area contributed by atoms with E-state index in [1.54, 1.807) is 6.08 Å². The van der Waals surface area contributed by atoms with Crippen LogP contribution >= 0.6 is 0 Å². The maximum absolute atomic E-state index is 12.2. The average Bonchev–Trinajstić information content (AvgIpc) is 2.40. The van der Waals surface area contributed by atoms with Gasteiger partial charge in [0, 0.05) is 16.9 Å². The second-order valence-corrected chi connectivity index (χ2v) is 5.40. The van der Waals surface area contributed by atoms with Gasteiger partial charge in [-0.3, -0.25) is 9.59 Å². The molecule has 0 spiro atoms. The molecule has 0 fully saturated rings. The standard InChI is InChI=1S/C14H20O3/c1-5-6-10-7-9(2)12(13(10)17)14(3,4)8-11(15)16/h5,10H,1,6-8H2,2-4H3,(H,15,16). The van der Waals surface area contributed by atoms with Crippen LogP contribution in [0.3, 0.4) is 0 Å². The zero-order valence-electron chi connectivity index (χ0n) is 10.7. The summed E-state index contributed by atoms with van der Waals surface area (Å²) in [5.74, 6) is -0.792. The highest BCUT2D eigenvalue weighted by Gasteiger charge is 2.39. The Bertz CT molecular complexity index is 388. The van der Waals surface area contributed by atoms with Crippen LogP contribution in [0.5, 0.6) is 0 Å². The third-order valence-corrected chi connectivity index (χ3v) is 3.32. The first-order chi connectivity index (χ1) is 7.79. The predicted octanol–water partition coefficient (Wildman–Crippen LogP) is 2.97. The van der Waals surface area contributed by atoms with E-state index >= 15 is 0 Å². The van der Waals surface area contributed by atoms with Crippen LogP contribution in [0.25, 0.3) is 0 Å². The lowest BCUT2D eigenvalue weighted by molar-refractivity contribution is -0.138. The van der Waals surface area contributed by atoms with Gasteiger partial charge in [-0.1, -0.05) is 25.5 Å². The van der Waals surface area contributed by atoms with Crippen molar-refractivity contribution in [3.05, 3.63) is 23.8 Å². The van der Waals surface area contributed by atoms with Crippen LogP contribution in [0, 0.1) is 11.3 Å². The zero-order chi connectivity index (χ0) is 13.2. The monoisotopic (exact) mass is 236 g/mol. The predicted molar refractivity (Wildman–Crippen MR) is 66.7 cm³/mol. The molecule has 0 aromatic carbocycles. The minimum absolute atomic E-state index is 0.00772. The molecule has 1 unspecified atom stereocenters. The van der Waals surface area contributed by atoms with Gasteiger partial charge in [-0.2, -0.15) is 0 Å². The minimum Gasteiger partial charge on any atom is -0.481 e. The number of aliphatic carboxylic acids is 1. The van der Waals surface area contributed by atoms with E-state index in [0.717, 1.165) is 12.0 Å². The number of allylic oxidation sites excluding steroid dienone is 3. The molecular formula is C14H20O3. The van der Waals surface area contributed by atoms with Crippen molar-refractivity contribution >= 4 is 11.8 Å². The Morgan fingerprint density at radius 3 is 2.65 bits per heavy atom. The molecule has 0 saturated carbocycles. The van der Waals surface area contributed by atoms with Crippen molar-refractivity contribution in [2.45, 2.75) is 40.0 Å². The van der Waals surface area contributed by atoms with Crippen molar-refractivity contribution in [3.8, 4) is 0 Å². The van der Waals surface area contributed by atoms with Gasteiger partial charge in [0.25, 0.3) is 0 Å². The fraction of sp³-hybridized carbons (Fsp3) is 0.571. The van der Waals surface area contributed by atoms with E-state index in [1.165, 1.54) is 0 Å². The van der Waals surface area contributed by atoms with Gasteiger partial charge in [-0.25, -0.2) is 0 Å². The number of Topliss-reactive ketones (excluding diaryl/α,β-unsaturated/α-hetero) is 1. The minimum atomic E-state index is -0.865. The van der Waals surface area contributed by atoms with E-state index < -0.39 is 11.4 Å². The molecule has 0 amide bonds. The molecule has 0 heterocycles. The molecule has 1 aliphatic carbocycles. The molecule has 1 aliphatic rings. The molecule has 17 heavy (non-hydrogen) atoms. The molecule has 1 rings (SSSR count). The summed E-state index contributed by atoms with van der Waals surface area (Å²) in [4.78, 5) is 23.1. The topological polar surface area (TPSA) is 54.4 Å². The second-order valence-electron chi connectivity index (χ2n) is 5.40. The Labute approximate surface area is 102 Å². The van der Waals surface area contributed by atoms with Gasteiger partial charge in [0.05, 0.1) is 6.42 Å². The van der Waals surface area contributed by atoms with E-state index in [1.807, 2.05) is 20.8 Å². The highest BCUT2D eigenvalue weighted by atomic mass is 16.4. The van der Waals surface area contributed by atoms with Crippen LogP contribution in [0.1, 0.15) is 40.0 Å². The second kappa shape index (κ2) is 4.86. The number of hydrogen-bond acceptors (Lipinski definition) is 2. The number of carbonyl (C=O) groups excluding carboxylic acids is 1. The molecule has 0 aromatic rings. The van der Waals surface area contributed by atoms with Gasteiger partial charge in [0.2, 0.25) is 0 Å². The van der Waals surface area contributed by atoms with Crippen molar-refractivity contribution in [2.75, 3.05) is 0 Å². The highest BCUT2D eigenvalue weighted by Crippen LogP contribution is 2.42. The van der Waals surface area contributed by atoms with Crippen LogP contribution in [0.15, 0.2) is 23.8 Å². The highest BCUT2D eigenvalue weighted by molar-refractivity contribution is 6.02. The maximum Gasteiger partial charge on any atom is 0.304 e. The van der Waals surface area contributed by atoms with Crippen molar-refractivity contribution in [2.24, 2.45) is 11.3 Å². The number of rotatable bonds is 5. The first-order valence-electron chi connectivity index (χ1n) is 5.86. The summed E-state index contributed by atoms with van der Waals surface area (Å²) in [6.45, 7) is 9.24. The van der Waals surface area contributed by atoms with E-state index in [0.29, 0.717) is 12.0 Å². The molecule has 0 saturated heterocycles. The molecule has 1 atom stereocenters. The van der Waals surface area contributed by atoms with Crippen LogP contribution in [-0.4, -0.2) is 16.9 Å². The lowest BCUT2D eigenvalue weighted by atomic mass is 9.78. The number of carboxylic acid groups (broad SMARTS) is 1. The fourth-order valence-corrected chi connectivity index (χ4v) is 2.75. The third kappa shape index (κ3) is 2.84. The summed E-state index contributed by atoms with van der Waals surface area (Å²) < 4.78 is 0. The number of carbonyl (C=O) groups is 2. The molecule has 94 valence electrons. The van der Waals surface area contributed by atoms with E-state index in [2.05, 4.69) is 6.58 Å². The van der Waals surface area contributed by atoms with Crippen LogP contribution in [-0.2, 0) is 9.59 Å². The summed E-state index contributed by atoms with van der Waals surface area (Å²) in [5.41, 5.74) is 1.17. The third-order valence-electron chi connectivity index (χ3n) is 3.32. The Morgan fingerprint density at radius 1 is 1.59 bits per heavy atom. The first-order valence-corrected chi connectivity index (χ1v) is 5.86. The van der Waals surface area contributed by atoms with Crippen molar-refractivity contribution in [1.29, 1.82) is 0 Å². The summed E-state index contributed by atoms with van der Waals surface area (Å²) in [5, 5.41) is 8.90. The quantitative estimate of drug-likeness (QED) is 0.747. The molecule has 0 aromatic heterocycles. The van der Waals surface area contributed by atoms with E-state index in [-0.39, 0.29) is 18.1 Å². The number of ketones is 1. The summed E-state index contributed by atoms with van der Waals surface area (Å²) in [6, 6.07) is 0. The Balaban J connectivity index is 2.97. The molecular weight excluding hydrogens is 216 g/mol. The van der Waals surface area contributed by atoms with Crippen molar-refractivity contribution in [3.63, 3.8) is 0 Å². The van der Waals surface area contributed by atoms with Crippen LogP contribution in [0.2, 0.25) is 0 Å². The normalized spacial score (nSPS) is 20.9. The summed E-state index contributed by atoms with van der Waals surface area (Å²) in [6.07, 6.45) is 3.15. The van der Waals surface area contributed by atoms with Gasteiger partial charge in [0.1, 0.15) is 0 Å². The van der Waals surface area contributed by atoms with Gasteiger partial charge < -0.3 is 5.11 Å². The Kier molecular flexibility index (Phi) is 3.91. The molecule has 0 radical (unpaired) electrons. The van der Waals surface area contributed by atoms with E-state index in [9.17, 15) is 9.59 Å². The lowest BCUT2D eigenvalue weighted by Gasteiger charge is -2.25. The number of carboxylic acids is 1. The maximum atomic E-state index is 12.2. The van der Waals surface area contributed by atoms with Gasteiger partial charge in [0.15, 0.2) is 5.78 Å². The smallest absolute Gasteiger partial charge is 0.304 e. The average molecular weight is 236 g/mol. The summed E-state index contributed by atoms with van der Waals surface area (Å²) >= 11 is 0. The zero-order valence-corrected chi connectivity index (χ0v) is 10.7. The van der Waals surface area contributed by atoms with Crippen molar-refractivity contribution < 1.29 is 14.7 Å². The largest absolute Gasteiger partial charge is 0.481 e. The van der Waals surface area contributed by atoms with Gasteiger partial charge >= 0.3 is 5.97 Å². The Morgan fingerprint density at radius 2 is 2.18 bits per heavy atom. The summed E-state index contributed by atoms with van der Waals surface area (Å²) in [7, 11) is 0. The van der Waals surface area contributed by atoms with Crippen LogP contribution in [0.4, 0.5) is 0 Å². The van der Waals surface area contributed by atoms with Gasteiger partial charge in [-0.15, -0.1) is 6.58 Å². The lowest BCUT2D eigenvalue weighted by Crippen LogP contribution is -2.25. The molecule has 1 N–H and O–H groups in total. The Hall–Kier alpha value is -1.38. The number of hydrogen-bond donors (Lipinski definition) is 1. The molecule has 0 bridgehead atoms. The van der Waals surface area contributed by atoms with Crippen LogP contribution < -0.4 is 0 Å². The molecule has 3 nitrogen and oxygen atoms in total. The molecule has 0 aliphatic heterocycles. The van der Waals surface area contributed by atoms with Crippen molar-refractivity contribution in [1.82, 2.24) is 0 Å². The van der Waals surface area contributed by atoms with E-state index in [4.69, 9.17) is 5.11 Å². The SMILES string of the molecule is C=CCC1CC(C)=C(C(C)(C)CC(=O)O)C1=O. The fourth-order valence-electron chi connectivity index (χ4n) is 2.75.